The normalized spacial score (nSPS) is 10.8. The van der Waals surface area contributed by atoms with Crippen molar-refractivity contribution in [3.8, 4) is 17.0 Å². The number of anilines is 1. The summed E-state index contributed by atoms with van der Waals surface area (Å²) in [5.74, 6) is 1.29. The van der Waals surface area contributed by atoms with Crippen LogP contribution in [0.3, 0.4) is 0 Å². The number of aromatic amines is 1. The zero-order chi connectivity index (χ0) is 13.2. The van der Waals surface area contributed by atoms with Crippen LogP contribution in [0.2, 0.25) is 0 Å². The molecule has 0 amide bonds. The Kier molecular flexibility index (Phi) is 2.79. The third-order valence-corrected chi connectivity index (χ3v) is 2.88. The van der Waals surface area contributed by atoms with E-state index in [4.69, 9.17) is 10.5 Å². The molecule has 0 saturated carbocycles. The number of hydrogen-bond acceptors (Lipinski definition) is 4. The zero-order valence-electron chi connectivity index (χ0n) is 10.6. The predicted octanol–water partition coefficient (Wildman–Crippen LogP) is 2.61. The van der Waals surface area contributed by atoms with Gasteiger partial charge in [-0.25, -0.2) is 9.97 Å². The van der Waals surface area contributed by atoms with Crippen LogP contribution in [0.15, 0.2) is 36.7 Å². The lowest BCUT2D eigenvalue weighted by molar-refractivity contribution is 0.344. The van der Waals surface area contributed by atoms with E-state index in [1.165, 1.54) is 0 Å². The maximum absolute atomic E-state index is 5.74. The highest BCUT2D eigenvalue weighted by Crippen LogP contribution is 2.33. The maximum atomic E-state index is 5.74. The summed E-state index contributed by atoms with van der Waals surface area (Å²) < 4.78 is 5.65. The molecule has 0 radical (unpaired) electrons. The second-order valence-electron chi connectivity index (χ2n) is 4.12. The van der Waals surface area contributed by atoms with Crippen molar-refractivity contribution < 1.29 is 4.74 Å². The first-order chi connectivity index (χ1) is 9.29. The number of hydrogen-bond donors (Lipinski definition) is 2. The van der Waals surface area contributed by atoms with E-state index in [0.29, 0.717) is 12.4 Å². The highest BCUT2D eigenvalue weighted by Gasteiger charge is 2.13. The van der Waals surface area contributed by atoms with E-state index >= 15 is 0 Å². The summed E-state index contributed by atoms with van der Waals surface area (Å²) in [5, 5.41) is 0.933. The molecule has 0 aromatic carbocycles. The summed E-state index contributed by atoms with van der Waals surface area (Å²) >= 11 is 0. The van der Waals surface area contributed by atoms with Gasteiger partial charge in [0.2, 0.25) is 0 Å². The van der Waals surface area contributed by atoms with Crippen molar-refractivity contribution in [3.63, 3.8) is 0 Å². The molecule has 0 fully saturated rings. The Bertz CT molecular complexity index is 720. The number of nitrogens with one attached hydrogen (secondary N) is 1. The number of nitrogens with two attached hydrogens (primary N) is 1. The van der Waals surface area contributed by atoms with Gasteiger partial charge < -0.3 is 15.5 Å². The number of aromatic nitrogens is 3. The number of nitrogens with zero attached hydrogens (tertiary/aromatic N) is 2. The first-order valence-electron chi connectivity index (χ1n) is 6.11. The average molecular weight is 254 g/mol. The second kappa shape index (κ2) is 4.61. The molecule has 3 aromatic rings. The fourth-order valence-electron chi connectivity index (χ4n) is 2.11. The molecule has 0 aliphatic carbocycles. The van der Waals surface area contributed by atoms with Gasteiger partial charge in [0.25, 0.3) is 0 Å². The predicted molar refractivity (Wildman–Crippen MR) is 74.9 cm³/mol. The SMILES string of the molecule is CCOc1ccnc2[nH]cc(-c3cccc(N)n3)c12. The van der Waals surface area contributed by atoms with Crippen molar-refractivity contribution >= 4 is 16.9 Å². The van der Waals surface area contributed by atoms with Gasteiger partial charge in [0.15, 0.2) is 0 Å². The molecule has 0 unspecified atom stereocenters. The molecule has 0 aliphatic heterocycles. The fraction of sp³-hybridized carbons (Fsp3) is 0.143. The summed E-state index contributed by atoms with van der Waals surface area (Å²) in [6, 6.07) is 7.42. The van der Waals surface area contributed by atoms with Crippen LogP contribution >= 0.6 is 0 Å². The quantitative estimate of drug-likeness (QED) is 0.753. The second-order valence-corrected chi connectivity index (χ2v) is 4.12. The molecule has 0 aliphatic rings. The largest absolute Gasteiger partial charge is 0.493 e. The number of pyridine rings is 2. The summed E-state index contributed by atoms with van der Waals surface area (Å²) in [5.41, 5.74) is 8.27. The van der Waals surface area contributed by atoms with E-state index in [9.17, 15) is 0 Å². The van der Waals surface area contributed by atoms with Gasteiger partial charge in [-0.05, 0) is 25.1 Å². The van der Waals surface area contributed by atoms with Crippen LogP contribution in [0.1, 0.15) is 6.92 Å². The molecule has 3 N–H and O–H groups in total. The molecule has 96 valence electrons. The molecule has 19 heavy (non-hydrogen) atoms. The average Bonchev–Trinajstić information content (AvgIpc) is 2.84. The van der Waals surface area contributed by atoms with E-state index in [1.807, 2.05) is 31.3 Å². The van der Waals surface area contributed by atoms with Crippen LogP contribution in [-0.4, -0.2) is 21.6 Å². The topological polar surface area (TPSA) is 76.8 Å². The van der Waals surface area contributed by atoms with E-state index in [1.54, 1.807) is 12.3 Å². The Morgan fingerprint density at radius 1 is 1.32 bits per heavy atom. The van der Waals surface area contributed by atoms with Crippen molar-refractivity contribution in [2.75, 3.05) is 12.3 Å². The molecule has 3 aromatic heterocycles. The molecule has 0 saturated heterocycles. The molecule has 5 heteroatoms. The fourth-order valence-corrected chi connectivity index (χ4v) is 2.11. The van der Waals surface area contributed by atoms with E-state index in [-0.39, 0.29) is 0 Å². The number of fused-ring (bicyclic) bond motifs is 1. The van der Waals surface area contributed by atoms with Gasteiger partial charge in [0, 0.05) is 18.0 Å². The molecule has 0 spiro atoms. The Hall–Kier alpha value is -2.56. The number of H-pyrrole nitrogens is 1. The summed E-state index contributed by atoms with van der Waals surface area (Å²) in [6.45, 7) is 2.56. The van der Waals surface area contributed by atoms with Gasteiger partial charge in [-0.15, -0.1) is 0 Å². The van der Waals surface area contributed by atoms with Gasteiger partial charge in [-0.2, -0.15) is 0 Å². The smallest absolute Gasteiger partial charge is 0.141 e. The van der Waals surface area contributed by atoms with Gasteiger partial charge in [0.05, 0.1) is 17.7 Å². The molecule has 3 heterocycles. The van der Waals surface area contributed by atoms with Gasteiger partial charge >= 0.3 is 0 Å². The lowest BCUT2D eigenvalue weighted by atomic mass is 10.1. The van der Waals surface area contributed by atoms with Crippen molar-refractivity contribution in [1.29, 1.82) is 0 Å². The van der Waals surface area contributed by atoms with Crippen LogP contribution in [0.25, 0.3) is 22.3 Å². The molecule has 0 atom stereocenters. The number of ether oxygens (including phenoxy) is 1. The maximum Gasteiger partial charge on any atom is 0.141 e. The first kappa shape index (κ1) is 11.5. The van der Waals surface area contributed by atoms with Gasteiger partial charge in [-0.3, -0.25) is 0 Å². The standard InChI is InChI=1S/C14H14N4O/c1-2-19-11-6-7-16-14-13(11)9(8-17-14)10-4-3-5-12(15)18-10/h3-8H,2H2,1H3,(H2,15,18)(H,16,17). The number of rotatable bonds is 3. The Labute approximate surface area is 110 Å². The van der Waals surface area contributed by atoms with Crippen LogP contribution in [0.4, 0.5) is 5.82 Å². The lowest BCUT2D eigenvalue weighted by Gasteiger charge is -2.06. The zero-order valence-corrected chi connectivity index (χ0v) is 10.6. The van der Waals surface area contributed by atoms with E-state index in [0.717, 1.165) is 28.0 Å². The minimum atomic E-state index is 0.494. The minimum Gasteiger partial charge on any atom is -0.493 e. The summed E-state index contributed by atoms with van der Waals surface area (Å²) in [7, 11) is 0. The van der Waals surface area contributed by atoms with Crippen molar-refractivity contribution in [3.05, 3.63) is 36.7 Å². The van der Waals surface area contributed by atoms with Crippen molar-refractivity contribution in [2.24, 2.45) is 0 Å². The summed E-state index contributed by atoms with van der Waals surface area (Å²) in [4.78, 5) is 11.8. The molecular weight excluding hydrogens is 240 g/mol. The van der Waals surface area contributed by atoms with Crippen molar-refractivity contribution in [1.82, 2.24) is 15.0 Å². The Balaban J connectivity index is 2.24. The molecular formula is C14H14N4O. The van der Waals surface area contributed by atoms with Crippen molar-refractivity contribution in [2.45, 2.75) is 6.92 Å². The van der Waals surface area contributed by atoms with E-state index in [2.05, 4.69) is 15.0 Å². The highest BCUT2D eigenvalue weighted by molar-refractivity contribution is 5.97. The Morgan fingerprint density at radius 3 is 3.00 bits per heavy atom. The van der Waals surface area contributed by atoms with Gasteiger partial charge in [0.1, 0.15) is 17.2 Å². The van der Waals surface area contributed by atoms with Gasteiger partial charge in [-0.1, -0.05) is 6.07 Å². The minimum absolute atomic E-state index is 0.494. The van der Waals surface area contributed by atoms with Crippen LogP contribution in [0, 0.1) is 0 Å². The van der Waals surface area contributed by atoms with Crippen LogP contribution < -0.4 is 10.5 Å². The molecule has 0 bridgehead atoms. The monoisotopic (exact) mass is 254 g/mol. The highest BCUT2D eigenvalue weighted by atomic mass is 16.5. The van der Waals surface area contributed by atoms with E-state index < -0.39 is 0 Å². The molecule has 5 nitrogen and oxygen atoms in total. The van der Waals surface area contributed by atoms with Crippen LogP contribution in [-0.2, 0) is 0 Å². The lowest BCUT2D eigenvalue weighted by Crippen LogP contribution is -1.94. The third-order valence-electron chi connectivity index (χ3n) is 2.88. The third kappa shape index (κ3) is 1.99. The number of nitrogen functional groups attached to an aromatic ring is 1. The van der Waals surface area contributed by atoms with Crippen LogP contribution in [0.5, 0.6) is 5.75 Å². The summed E-state index contributed by atoms with van der Waals surface area (Å²) in [6.07, 6.45) is 3.60. The first-order valence-corrected chi connectivity index (χ1v) is 6.11. The Morgan fingerprint density at radius 2 is 2.21 bits per heavy atom. The molecule has 3 rings (SSSR count).